The number of hydrogen-bond acceptors (Lipinski definition) is 2. The smallest absolute Gasteiger partial charge is 0.185 e. The van der Waals surface area contributed by atoms with Crippen LogP contribution in [0.4, 0.5) is 0 Å². The number of carbonyl (C=O) groups is 1. The second-order valence-electron chi connectivity index (χ2n) is 5.67. The van der Waals surface area contributed by atoms with E-state index in [1.54, 1.807) is 12.1 Å². The van der Waals surface area contributed by atoms with Crippen molar-refractivity contribution in [2.24, 2.45) is 0 Å². The first-order chi connectivity index (χ1) is 12.4. The van der Waals surface area contributed by atoms with E-state index in [0.29, 0.717) is 11.1 Å². The van der Waals surface area contributed by atoms with Gasteiger partial charge in [-0.3, -0.25) is 4.79 Å². The van der Waals surface area contributed by atoms with Crippen molar-refractivity contribution in [2.45, 2.75) is 31.1 Å². The van der Waals surface area contributed by atoms with E-state index in [9.17, 15) is 4.79 Å². The summed E-state index contributed by atoms with van der Waals surface area (Å²) < 4.78 is 0. The number of allylic oxidation sites excluding steroid dienone is 1. The van der Waals surface area contributed by atoms with E-state index in [2.05, 4.69) is 6.92 Å². The lowest BCUT2D eigenvalue weighted by Gasteiger charge is -2.05. The molecule has 0 saturated heterocycles. The fraction of sp³-hybridized carbons (Fsp3) is 0.250. The molecular formula is C20H18Cl4OS. The minimum absolute atomic E-state index is 0.120. The van der Waals surface area contributed by atoms with Crippen LogP contribution < -0.4 is 0 Å². The van der Waals surface area contributed by atoms with Crippen LogP contribution in [0.3, 0.4) is 0 Å². The highest BCUT2D eigenvalue weighted by Crippen LogP contribution is 2.38. The van der Waals surface area contributed by atoms with Gasteiger partial charge in [-0.25, -0.2) is 0 Å². The molecule has 26 heavy (non-hydrogen) atoms. The molecule has 2 aromatic carbocycles. The van der Waals surface area contributed by atoms with Crippen LogP contribution in [0.1, 0.15) is 42.1 Å². The first-order valence-corrected chi connectivity index (χ1v) is 10.7. The molecule has 0 aromatic heterocycles. The second kappa shape index (κ2) is 10.6. The molecule has 0 fully saturated rings. The predicted octanol–water partition coefficient (Wildman–Crippen LogP) is 8.48. The fourth-order valence-electron chi connectivity index (χ4n) is 2.23. The number of ketones is 1. The van der Waals surface area contributed by atoms with Crippen molar-refractivity contribution >= 4 is 70.0 Å². The van der Waals surface area contributed by atoms with E-state index in [4.69, 9.17) is 46.4 Å². The predicted molar refractivity (Wildman–Crippen MR) is 117 cm³/mol. The lowest BCUT2D eigenvalue weighted by molar-refractivity contribution is 0.104. The number of hydrogen-bond donors (Lipinski definition) is 0. The Morgan fingerprint density at radius 3 is 2.35 bits per heavy atom. The first kappa shape index (κ1) is 21.7. The van der Waals surface area contributed by atoms with Gasteiger partial charge in [-0.1, -0.05) is 66.2 Å². The normalized spacial score (nSPS) is 11.3. The first-order valence-electron chi connectivity index (χ1n) is 8.22. The molecule has 0 saturated carbocycles. The summed E-state index contributed by atoms with van der Waals surface area (Å²) in [6, 6.07) is 9.19. The third-order valence-corrected chi connectivity index (χ3v) is 6.56. The average molecular weight is 448 g/mol. The van der Waals surface area contributed by atoms with Gasteiger partial charge in [0.25, 0.3) is 0 Å². The monoisotopic (exact) mass is 446 g/mol. The minimum atomic E-state index is -0.120. The quantitative estimate of drug-likeness (QED) is 0.101. The van der Waals surface area contributed by atoms with Gasteiger partial charge in [0.15, 0.2) is 5.78 Å². The molecule has 0 bridgehead atoms. The highest BCUT2D eigenvalue weighted by Gasteiger charge is 2.12. The zero-order valence-corrected chi connectivity index (χ0v) is 18.0. The highest BCUT2D eigenvalue weighted by molar-refractivity contribution is 7.99. The van der Waals surface area contributed by atoms with E-state index in [1.807, 2.05) is 36.0 Å². The summed E-state index contributed by atoms with van der Waals surface area (Å²) in [4.78, 5) is 13.5. The zero-order valence-electron chi connectivity index (χ0n) is 14.2. The molecule has 0 atom stereocenters. The second-order valence-corrected chi connectivity index (χ2v) is 8.38. The number of benzene rings is 2. The molecule has 6 heteroatoms. The van der Waals surface area contributed by atoms with Crippen molar-refractivity contribution < 1.29 is 4.79 Å². The third kappa shape index (κ3) is 5.94. The highest BCUT2D eigenvalue weighted by atomic mass is 35.5. The van der Waals surface area contributed by atoms with Crippen molar-refractivity contribution in [2.75, 3.05) is 5.75 Å². The molecule has 1 nitrogen and oxygen atoms in total. The van der Waals surface area contributed by atoms with Gasteiger partial charge in [0.1, 0.15) is 0 Å². The summed E-state index contributed by atoms with van der Waals surface area (Å²) in [5, 5.41) is 0.938. The van der Waals surface area contributed by atoms with Crippen LogP contribution >= 0.6 is 58.2 Å². The van der Waals surface area contributed by atoms with Gasteiger partial charge in [0.05, 0.1) is 20.1 Å². The summed E-state index contributed by atoms with van der Waals surface area (Å²) in [6.07, 6.45) is 6.71. The summed E-state index contributed by atoms with van der Waals surface area (Å²) in [7, 11) is 0. The largest absolute Gasteiger partial charge is 0.289 e. The molecule has 0 aliphatic rings. The number of unbranched alkanes of at least 4 members (excludes halogenated alkanes) is 2. The van der Waals surface area contributed by atoms with Crippen molar-refractivity contribution in [1.82, 2.24) is 0 Å². The molecule has 0 heterocycles. The molecule has 0 aliphatic heterocycles. The van der Waals surface area contributed by atoms with Crippen LogP contribution in [0.5, 0.6) is 0 Å². The molecule has 0 aliphatic carbocycles. The molecule has 0 amide bonds. The third-order valence-electron chi connectivity index (χ3n) is 3.70. The Bertz CT molecular complexity index is 800. The fourth-order valence-corrected chi connectivity index (χ4v) is 4.03. The van der Waals surface area contributed by atoms with E-state index < -0.39 is 0 Å². The van der Waals surface area contributed by atoms with Crippen molar-refractivity contribution in [3.05, 3.63) is 67.6 Å². The Kier molecular flexibility index (Phi) is 8.86. The van der Waals surface area contributed by atoms with Crippen molar-refractivity contribution in [3.8, 4) is 0 Å². The molecule has 2 rings (SSSR count). The van der Waals surface area contributed by atoms with Crippen molar-refractivity contribution in [3.63, 3.8) is 0 Å². The average Bonchev–Trinajstić information content (AvgIpc) is 2.65. The SMILES string of the molecule is CCCCCSc1ccc(C(=O)C=Cc2cc(Cl)c(Cl)c(Cl)c2Cl)cc1. The van der Waals surface area contributed by atoms with Crippen LogP contribution in [0, 0.1) is 0 Å². The van der Waals surface area contributed by atoms with Crippen LogP contribution in [-0.2, 0) is 0 Å². The molecule has 0 radical (unpaired) electrons. The maximum Gasteiger partial charge on any atom is 0.185 e. The van der Waals surface area contributed by atoms with Gasteiger partial charge in [0, 0.05) is 10.5 Å². The molecule has 2 aromatic rings. The maximum absolute atomic E-state index is 12.3. The van der Waals surface area contributed by atoms with Gasteiger partial charge in [-0.05, 0) is 60.2 Å². The molecule has 0 unspecified atom stereocenters. The van der Waals surface area contributed by atoms with Crippen LogP contribution in [-0.4, -0.2) is 11.5 Å². The van der Waals surface area contributed by atoms with Crippen molar-refractivity contribution in [1.29, 1.82) is 0 Å². The van der Waals surface area contributed by atoms with Gasteiger partial charge in [-0.2, -0.15) is 0 Å². The zero-order chi connectivity index (χ0) is 19.1. The lowest BCUT2D eigenvalue weighted by Crippen LogP contribution is -1.94. The topological polar surface area (TPSA) is 17.1 Å². The van der Waals surface area contributed by atoms with Gasteiger partial charge in [0.2, 0.25) is 0 Å². The number of halogens is 4. The summed E-state index contributed by atoms with van der Waals surface area (Å²) in [5.74, 6) is 0.975. The molecule has 138 valence electrons. The Balaban J connectivity index is 2.05. The Morgan fingerprint density at radius 2 is 1.69 bits per heavy atom. The van der Waals surface area contributed by atoms with E-state index in [1.165, 1.54) is 30.2 Å². The summed E-state index contributed by atoms with van der Waals surface area (Å²) in [6.45, 7) is 2.19. The Labute approximate surface area is 178 Å². The van der Waals surface area contributed by atoms with Crippen LogP contribution in [0.15, 0.2) is 41.3 Å². The lowest BCUT2D eigenvalue weighted by atomic mass is 10.1. The minimum Gasteiger partial charge on any atom is -0.289 e. The van der Waals surface area contributed by atoms with E-state index >= 15 is 0 Å². The maximum atomic E-state index is 12.3. The number of carbonyl (C=O) groups excluding carboxylic acids is 1. The number of thioether (sulfide) groups is 1. The molecular weight excluding hydrogens is 430 g/mol. The Morgan fingerprint density at radius 1 is 1.00 bits per heavy atom. The number of rotatable bonds is 8. The molecule has 0 spiro atoms. The summed E-state index contributed by atoms with van der Waals surface area (Å²) in [5.41, 5.74) is 1.16. The Hall–Kier alpha value is -0.640. The van der Waals surface area contributed by atoms with Gasteiger partial charge >= 0.3 is 0 Å². The molecule has 0 N–H and O–H groups in total. The van der Waals surface area contributed by atoms with E-state index in [0.717, 1.165) is 5.75 Å². The van der Waals surface area contributed by atoms with Gasteiger partial charge in [-0.15, -0.1) is 11.8 Å². The van der Waals surface area contributed by atoms with Gasteiger partial charge < -0.3 is 0 Å². The van der Waals surface area contributed by atoms with Crippen LogP contribution in [0.2, 0.25) is 20.1 Å². The standard InChI is InChI=1S/C20H18Cl4OS/c1-2-3-4-11-26-15-8-5-13(6-9-15)17(25)10-7-14-12-16(21)19(23)20(24)18(14)22/h5-10,12H,2-4,11H2,1H3. The summed E-state index contributed by atoms with van der Waals surface area (Å²) >= 11 is 25.9. The van der Waals surface area contributed by atoms with E-state index in [-0.39, 0.29) is 25.9 Å². The van der Waals surface area contributed by atoms with Crippen LogP contribution in [0.25, 0.3) is 6.08 Å².